The van der Waals surface area contributed by atoms with E-state index in [2.05, 4.69) is 44.5 Å². The van der Waals surface area contributed by atoms with Gasteiger partial charge < -0.3 is 10.2 Å². The molecule has 0 unspecified atom stereocenters. The van der Waals surface area contributed by atoms with E-state index >= 15 is 0 Å². The van der Waals surface area contributed by atoms with Crippen molar-refractivity contribution in [1.29, 1.82) is 0 Å². The first-order valence-electron chi connectivity index (χ1n) is 9.45. The van der Waals surface area contributed by atoms with Crippen LogP contribution in [0, 0.1) is 0 Å². The highest BCUT2D eigenvalue weighted by atomic mass is 32.2. The Morgan fingerprint density at radius 2 is 2.00 bits per heavy atom. The van der Waals surface area contributed by atoms with Gasteiger partial charge in [-0.15, -0.1) is 32.9 Å². The van der Waals surface area contributed by atoms with Crippen LogP contribution in [0.4, 0.5) is 10.8 Å². The molecule has 0 radical (unpaired) electrons. The summed E-state index contributed by atoms with van der Waals surface area (Å²) in [6.45, 7) is 0.756. The molecule has 1 aliphatic heterocycles. The first-order chi connectivity index (χ1) is 14.8. The lowest BCUT2D eigenvalue weighted by Gasteiger charge is -2.35. The van der Waals surface area contributed by atoms with Gasteiger partial charge in [0.2, 0.25) is 11.0 Å². The van der Waals surface area contributed by atoms with Crippen LogP contribution in [0.5, 0.6) is 0 Å². The number of thioether (sulfide) groups is 1. The van der Waals surface area contributed by atoms with E-state index in [0.29, 0.717) is 5.75 Å². The Balaban J connectivity index is 1.26. The summed E-state index contributed by atoms with van der Waals surface area (Å²) in [4.78, 5) is 17.8. The van der Waals surface area contributed by atoms with Crippen LogP contribution in [0.25, 0.3) is 0 Å². The van der Waals surface area contributed by atoms with E-state index in [-0.39, 0.29) is 11.9 Å². The summed E-state index contributed by atoms with van der Waals surface area (Å²) in [7, 11) is 0. The van der Waals surface area contributed by atoms with E-state index in [9.17, 15) is 4.79 Å². The Labute approximate surface area is 190 Å². The molecule has 3 aromatic heterocycles. The summed E-state index contributed by atoms with van der Waals surface area (Å²) in [5, 5.41) is 16.6. The molecule has 1 aromatic carbocycles. The number of aromatic nitrogens is 2. The third-order valence-electron chi connectivity index (χ3n) is 4.85. The van der Waals surface area contributed by atoms with Gasteiger partial charge in [0, 0.05) is 22.0 Å². The smallest absolute Gasteiger partial charge is 0.233 e. The fourth-order valence-corrected chi connectivity index (χ4v) is 6.93. The maximum absolute atomic E-state index is 13.2. The second-order valence-electron chi connectivity index (χ2n) is 6.71. The van der Waals surface area contributed by atoms with Crippen LogP contribution in [0.1, 0.15) is 21.4 Å². The molecule has 0 spiro atoms. The molecule has 1 aliphatic rings. The summed E-state index contributed by atoms with van der Waals surface area (Å²) < 4.78 is 0.794. The molecule has 5 nitrogen and oxygen atoms in total. The van der Waals surface area contributed by atoms with Crippen molar-refractivity contribution in [2.24, 2.45) is 0 Å². The molecule has 152 valence electrons. The fraction of sp³-hybridized carbons (Fsp3) is 0.190. The van der Waals surface area contributed by atoms with E-state index < -0.39 is 0 Å². The number of carbonyl (C=O) groups is 1. The Hall–Kier alpha value is -2.20. The zero-order chi connectivity index (χ0) is 20.3. The number of amides is 1. The molecule has 0 bridgehead atoms. The van der Waals surface area contributed by atoms with Gasteiger partial charge >= 0.3 is 0 Å². The van der Waals surface area contributed by atoms with Crippen molar-refractivity contribution in [3.05, 3.63) is 74.6 Å². The van der Waals surface area contributed by atoms with Crippen LogP contribution in [-0.4, -0.2) is 33.3 Å². The molecule has 9 heteroatoms. The minimum Gasteiger partial charge on any atom is -0.330 e. The van der Waals surface area contributed by atoms with Gasteiger partial charge in [0.25, 0.3) is 0 Å². The zero-order valence-corrected chi connectivity index (χ0v) is 19.1. The van der Waals surface area contributed by atoms with Gasteiger partial charge in [-0.2, -0.15) is 0 Å². The first-order valence-corrected chi connectivity index (χ1v) is 13.0. The maximum atomic E-state index is 13.2. The largest absolute Gasteiger partial charge is 0.330 e. The number of rotatable bonds is 6. The van der Waals surface area contributed by atoms with Crippen LogP contribution in [0.3, 0.4) is 0 Å². The fourth-order valence-electron chi connectivity index (χ4n) is 3.51. The molecule has 0 fully saturated rings. The van der Waals surface area contributed by atoms with Crippen molar-refractivity contribution in [1.82, 2.24) is 15.1 Å². The molecule has 1 amide bonds. The topological polar surface area (TPSA) is 58.1 Å². The minimum absolute atomic E-state index is 0.0258. The normalized spacial score (nSPS) is 15.7. The summed E-state index contributed by atoms with van der Waals surface area (Å²) in [6, 6.07) is 16.3. The number of nitrogens with one attached hydrogen (secondary N) is 1. The number of fused-ring (bicyclic) bond motifs is 1. The number of hydrogen-bond acceptors (Lipinski definition) is 8. The van der Waals surface area contributed by atoms with Crippen LogP contribution >= 0.6 is 45.8 Å². The second-order valence-corrected chi connectivity index (χ2v) is 10.9. The summed E-state index contributed by atoms with van der Waals surface area (Å²) in [6.07, 6.45) is 0.926. The van der Waals surface area contributed by atoms with Gasteiger partial charge in [-0.1, -0.05) is 47.4 Å². The van der Waals surface area contributed by atoms with E-state index in [1.54, 1.807) is 22.7 Å². The van der Waals surface area contributed by atoms with Gasteiger partial charge in [-0.3, -0.25) is 4.79 Å². The van der Waals surface area contributed by atoms with Crippen molar-refractivity contribution in [3.63, 3.8) is 0 Å². The van der Waals surface area contributed by atoms with Gasteiger partial charge in [-0.25, -0.2) is 0 Å². The van der Waals surface area contributed by atoms with E-state index in [1.165, 1.54) is 38.4 Å². The van der Waals surface area contributed by atoms with E-state index in [4.69, 9.17) is 0 Å². The highest BCUT2D eigenvalue weighted by molar-refractivity contribution is 8.01. The first kappa shape index (κ1) is 19.7. The average molecular weight is 471 g/mol. The number of hydrogen-bond donors (Lipinski definition) is 1. The summed E-state index contributed by atoms with van der Waals surface area (Å²) >= 11 is 6.43. The van der Waals surface area contributed by atoms with Crippen molar-refractivity contribution < 1.29 is 4.79 Å². The molecule has 0 saturated carbocycles. The molecular formula is C21H18N4OS4. The molecule has 30 heavy (non-hydrogen) atoms. The molecular weight excluding hydrogens is 453 g/mol. The lowest BCUT2D eigenvalue weighted by Crippen LogP contribution is -2.40. The lowest BCUT2D eigenvalue weighted by atomic mass is 9.98. The number of anilines is 2. The summed E-state index contributed by atoms with van der Waals surface area (Å²) in [5.41, 5.74) is 2.25. The SMILES string of the molecule is O=C(CSc1nnc(Nc2ccccc2)s1)N1CCc2sccc2[C@H]1c1cccs1. The van der Waals surface area contributed by atoms with Crippen molar-refractivity contribution in [2.75, 3.05) is 17.6 Å². The van der Waals surface area contributed by atoms with Crippen LogP contribution in [-0.2, 0) is 11.2 Å². The molecule has 4 heterocycles. The molecule has 0 saturated heterocycles. The zero-order valence-electron chi connectivity index (χ0n) is 15.9. The quantitative estimate of drug-likeness (QED) is 0.368. The number of nitrogens with zero attached hydrogens (tertiary/aromatic N) is 3. The Morgan fingerprint density at radius 1 is 1.10 bits per heavy atom. The van der Waals surface area contributed by atoms with Crippen LogP contribution in [0.2, 0.25) is 0 Å². The number of para-hydroxylation sites is 1. The monoisotopic (exact) mass is 470 g/mol. The number of carbonyl (C=O) groups excluding carboxylic acids is 1. The van der Waals surface area contributed by atoms with E-state index in [0.717, 1.165) is 28.1 Å². The van der Waals surface area contributed by atoms with Gasteiger partial charge in [0.05, 0.1) is 11.8 Å². The Bertz CT molecular complexity index is 1120. The molecule has 5 rings (SSSR count). The molecule has 0 aliphatic carbocycles. The number of thiophene rings is 2. The van der Waals surface area contributed by atoms with Crippen LogP contribution < -0.4 is 5.32 Å². The highest BCUT2D eigenvalue weighted by Crippen LogP contribution is 2.40. The predicted octanol–water partition coefficient (Wildman–Crippen LogP) is 5.67. The second kappa shape index (κ2) is 8.89. The van der Waals surface area contributed by atoms with Crippen molar-refractivity contribution in [3.8, 4) is 0 Å². The maximum Gasteiger partial charge on any atom is 0.233 e. The van der Waals surface area contributed by atoms with Gasteiger partial charge in [0.15, 0.2) is 4.34 Å². The predicted molar refractivity (Wildman–Crippen MR) is 126 cm³/mol. The third kappa shape index (κ3) is 4.15. The van der Waals surface area contributed by atoms with Crippen molar-refractivity contribution >= 4 is 62.5 Å². The van der Waals surface area contributed by atoms with Crippen LogP contribution in [0.15, 0.2) is 63.6 Å². The Morgan fingerprint density at radius 3 is 2.83 bits per heavy atom. The molecule has 1 atom stereocenters. The highest BCUT2D eigenvalue weighted by Gasteiger charge is 2.33. The molecule has 4 aromatic rings. The van der Waals surface area contributed by atoms with Crippen molar-refractivity contribution in [2.45, 2.75) is 16.8 Å². The average Bonchev–Trinajstić information content (AvgIpc) is 3.53. The number of benzene rings is 1. The lowest BCUT2D eigenvalue weighted by molar-refractivity contribution is -0.130. The molecule has 1 N–H and O–H groups in total. The standard InChI is InChI=1S/C21H18N4OS4/c26-18(13-29-21-24-23-20(30-21)22-14-5-2-1-3-6-14)25-10-8-16-15(9-12-28-16)19(25)17-7-4-11-27-17/h1-7,9,11-12,19H,8,10,13H2,(H,22,23)/t19-/m0/s1. The van der Waals surface area contributed by atoms with Gasteiger partial charge in [0.1, 0.15) is 0 Å². The third-order valence-corrected chi connectivity index (χ3v) is 8.73. The minimum atomic E-state index is 0.0258. The Kier molecular flexibility index (Phi) is 5.85. The van der Waals surface area contributed by atoms with Gasteiger partial charge in [-0.05, 0) is 47.0 Å². The summed E-state index contributed by atoms with van der Waals surface area (Å²) in [5.74, 6) is 0.504. The van der Waals surface area contributed by atoms with E-state index in [1.807, 2.05) is 35.2 Å².